The third-order valence-corrected chi connectivity index (χ3v) is 7.75. The van der Waals surface area contributed by atoms with Crippen LogP contribution in [0.5, 0.6) is 23.0 Å². The third-order valence-electron chi connectivity index (χ3n) is 7.75. The molecule has 216 valence electrons. The van der Waals surface area contributed by atoms with Gasteiger partial charge in [0.1, 0.15) is 23.0 Å². The van der Waals surface area contributed by atoms with Crippen LogP contribution >= 0.6 is 0 Å². The highest BCUT2D eigenvalue weighted by molar-refractivity contribution is 6.05. The molecule has 1 fully saturated rings. The highest BCUT2D eigenvalue weighted by atomic mass is 16.5. The summed E-state index contributed by atoms with van der Waals surface area (Å²) in [5, 5.41) is 6.51. The predicted molar refractivity (Wildman–Crippen MR) is 158 cm³/mol. The molecule has 3 aromatic carbocycles. The second-order valence-electron chi connectivity index (χ2n) is 10.2. The van der Waals surface area contributed by atoms with Crippen LogP contribution < -0.4 is 18.9 Å². The van der Waals surface area contributed by atoms with Crippen LogP contribution in [0, 0.1) is 0 Å². The Balaban J connectivity index is 1.37. The molecular weight excluding hydrogens is 520 g/mol. The van der Waals surface area contributed by atoms with Gasteiger partial charge in [-0.05, 0) is 35.9 Å². The number of hydrazone groups is 1. The molecule has 0 bridgehead atoms. The van der Waals surface area contributed by atoms with Crippen LogP contribution in [0.1, 0.15) is 29.2 Å². The van der Waals surface area contributed by atoms with Crippen molar-refractivity contribution < 1.29 is 23.7 Å². The highest BCUT2D eigenvalue weighted by Crippen LogP contribution is 2.41. The lowest BCUT2D eigenvalue weighted by molar-refractivity contribution is -0.134. The molecule has 2 aliphatic heterocycles. The molecule has 1 amide bonds. The number of carbonyl (C=O) groups excluding carboxylic acids is 1. The molecule has 0 spiro atoms. The maximum atomic E-state index is 13.9. The van der Waals surface area contributed by atoms with Crippen molar-refractivity contribution in [2.75, 3.05) is 61.2 Å². The molecule has 41 heavy (non-hydrogen) atoms. The largest absolute Gasteiger partial charge is 0.497 e. The summed E-state index contributed by atoms with van der Waals surface area (Å²) in [6.07, 6.45) is 0.503. The van der Waals surface area contributed by atoms with Crippen molar-refractivity contribution in [2.24, 2.45) is 5.10 Å². The van der Waals surface area contributed by atoms with Gasteiger partial charge in [0.15, 0.2) is 0 Å². The molecule has 1 atom stereocenters. The quantitative estimate of drug-likeness (QED) is 0.369. The molecule has 0 aliphatic carbocycles. The van der Waals surface area contributed by atoms with E-state index in [4.69, 9.17) is 24.0 Å². The normalized spacial score (nSPS) is 17.7. The first kappa shape index (κ1) is 28.4. The van der Waals surface area contributed by atoms with E-state index in [1.165, 1.54) is 5.56 Å². The van der Waals surface area contributed by atoms with E-state index in [2.05, 4.69) is 34.1 Å². The lowest BCUT2D eigenvalue weighted by Crippen LogP contribution is -2.49. The summed E-state index contributed by atoms with van der Waals surface area (Å²) in [5.41, 5.74) is 3.74. The third kappa shape index (κ3) is 6.47. The summed E-state index contributed by atoms with van der Waals surface area (Å²) >= 11 is 0. The van der Waals surface area contributed by atoms with E-state index < -0.39 is 0 Å². The molecule has 3 aromatic rings. The van der Waals surface area contributed by atoms with Crippen LogP contribution in [0.15, 0.2) is 71.8 Å². The number of hydrogen-bond acceptors (Lipinski definition) is 8. The van der Waals surface area contributed by atoms with E-state index in [1.54, 1.807) is 33.4 Å². The van der Waals surface area contributed by atoms with Crippen molar-refractivity contribution in [1.29, 1.82) is 0 Å². The molecule has 0 N–H and O–H groups in total. The highest BCUT2D eigenvalue weighted by Gasteiger charge is 2.37. The summed E-state index contributed by atoms with van der Waals surface area (Å²) in [7, 11) is 6.51. The molecule has 0 unspecified atom stereocenters. The Morgan fingerprint density at radius 2 is 1.44 bits per heavy atom. The van der Waals surface area contributed by atoms with E-state index in [9.17, 15) is 4.79 Å². The summed E-state index contributed by atoms with van der Waals surface area (Å²) in [6.45, 7) is 4.67. The Morgan fingerprint density at radius 3 is 2.12 bits per heavy atom. The molecule has 0 radical (unpaired) electrons. The first-order chi connectivity index (χ1) is 20.0. The van der Waals surface area contributed by atoms with Crippen molar-refractivity contribution >= 4 is 11.6 Å². The van der Waals surface area contributed by atoms with Crippen LogP contribution in [0.3, 0.4) is 0 Å². The topological polar surface area (TPSA) is 76.1 Å². The zero-order valence-electron chi connectivity index (χ0n) is 24.2. The Kier molecular flexibility index (Phi) is 9.06. The van der Waals surface area contributed by atoms with Gasteiger partial charge >= 0.3 is 0 Å². The fourth-order valence-corrected chi connectivity index (χ4v) is 5.49. The van der Waals surface area contributed by atoms with Gasteiger partial charge in [0.2, 0.25) is 0 Å². The monoisotopic (exact) mass is 558 g/mol. The van der Waals surface area contributed by atoms with E-state index in [0.717, 1.165) is 49.6 Å². The van der Waals surface area contributed by atoms with Crippen molar-refractivity contribution in [3.05, 3.63) is 83.4 Å². The van der Waals surface area contributed by atoms with Gasteiger partial charge in [-0.2, -0.15) is 5.10 Å². The predicted octanol–water partition coefficient (Wildman–Crippen LogP) is 4.22. The molecule has 9 nitrogen and oxygen atoms in total. The SMILES string of the molecule is COc1ccc(C2=NN(C(=O)CN3CCN(Cc4ccccc4)CC3)[C@H](c3cc(OC)ccc3OC)C2)c(OC)c1. The summed E-state index contributed by atoms with van der Waals surface area (Å²) < 4.78 is 22.3. The van der Waals surface area contributed by atoms with Crippen molar-refractivity contribution in [3.63, 3.8) is 0 Å². The maximum Gasteiger partial charge on any atom is 0.257 e. The molecule has 9 heteroatoms. The minimum absolute atomic E-state index is 0.0566. The van der Waals surface area contributed by atoms with Crippen LogP contribution in [-0.4, -0.2) is 87.6 Å². The molecule has 0 saturated carbocycles. The second-order valence-corrected chi connectivity index (χ2v) is 10.2. The number of carbonyl (C=O) groups is 1. The lowest BCUT2D eigenvalue weighted by Gasteiger charge is -2.35. The molecule has 5 rings (SSSR count). The van der Waals surface area contributed by atoms with Crippen LogP contribution in [0.4, 0.5) is 0 Å². The van der Waals surface area contributed by atoms with Crippen molar-refractivity contribution in [1.82, 2.24) is 14.8 Å². The standard InChI is InChI=1S/C32H38N4O5/c1-38-24-11-13-30(40-3)27(18-24)29-20-28(26-12-10-25(39-2)19-31(26)41-4)33-36(29)32(37)22-35-16-14-34(15-17-35)21-23-8-6-5-7-9-23/h5-13,18-19,29H,14-17,20-22H2,1-4H3/t29-/m0/s1. The number of benzene rings is 3. The van der Waals surface area contributed by atoms with E-state index in [-0.39, 0.29) is 11.9 Å². The number of amides is 1. The van der Waals surface area contributed by atoms with Gasteiger partial charge in [0.25, 0.3) is 5.91 Å². The number of rotatable bonds is 10. The van der Waals surface area contributed by atoms with Gasteiger partial charge in [0, 0.05) is 56.3 Å². The first-order valence-electron chi connectivity index (χ1n) is 13.9. The summed E-state index contributed by atoms with van der Waals surface area (Å²) in [5.74, 6) is 2.65. The summed E-state index contributed by atoms with van der Waals surface area (Å²) in [4.78, 5) is 18.5. The van der Waals surface area contributed by atoms with Gasteiger partial charge in [-0.25, -0.2) is 5.01 Å². The van der Waals surface area contributed by atoms with Crippen LogP contribution in [0.2, 0.25) is 0 Å². The molecular formula is C32H38N4O5. The van der Waals surface area contributed by atoms with E-state index >= 15 is 0 Å². The van der Waals surface area contributed by atoms with Crippen molar-refractivity contribution in [2.45, 2.75) is 19.0 Å². The molecule has 2 heterocycles. The molecule has 1 saturated heterocycles. The van der Waals surface area contributed by atoms with Crippen LogP contribution in [-0.2, 0) is 11.3 Å². The van der Waals surface area contributed by atoms with Gasteiger partial charge in [-0.1, -0.05) is 30.3 Å². The maximum absolute atomic E-state index is 13.9. The van der Waals surface area contributed by atoms with Crippen LogP contribution in [0.25, 0.3) is 0 Å². The Labute approximate surface area is 241 Å². The van der Waals surface area contributed by atoms with Gasteiger partial charge in [-0.15, -0.1) is 0 Å². The average Bonchev–Trinajstić information content (AvgIpc) is 3.47. The second kappa shape index (κ2) is 13.1. The van der Waals surface area contributed by atoms with Gasteiger partial charge in [0.05, 0.1) is 46.7 Å². The first-order valence-corrected chi connectivity index (χ1v) is 13.9. The molecule has 0 aromatic heterocycles. The average molecular weight is 559 g/mol. The van der Waals surface area contributed by atoms with Gasteiger partial charge < -0.3 is 18.9 Å². The zero-order chi connectivity index (χ0) is 28.8. The Morgan fingerprint density at radius 1 is 0.780 bits per heavy atom. The fourth-order valence-electron chi connectivity index (χ4n) is 5.49. The number of nitrogens with zero attached hydrogens (tertiary/aromatic N) is 4. The van der Waals surface area contributed by atoms with Gasteiger partial charge in [-0.3, -0.25) is 14.6 Å². The number of ether oxygens (including phenoxy) is 4. The zero-order valence-corrected chi connectivity index (χ0v) is 24.2. The Hall–Kier alpha value is -4.08. The summed E-state index contributed by atoms with van der Waals surface area (Å²) in [6, 6.07) is 21.4. The number of hydrogen-bond donors (Lipinski definition) is 0. The smallest absolute Gasteiger partial charge is 0.257 e. The number of piperazine rings is 1. The van der Waals surface area contributed by atoms with Crippen molar-refractivity contribution in [3.8, 4) is 23.0 Å². The minimum Gasteiger partial charge on any atom is -0.497 e. The Bertz CT molecular complexity index is 1370. The number of methoxy groups -OCH3 is 4. The van der Waals surface area contributed by atoms with E-state index in [0.29, 0.717) is 36.0 Å². The minimum atomic E-state index is -0.353. The molecule has 2 aliphatic rings. The van der Waals surface area contributed by atoms with E-state index in [1.807, 2.05) is 42.5 Å². The lowest BCUT2D eigenvalue weighted by atomic mass is 9.96. The fraction of sp³-hybridized carbons (Fsp3) is 0.375.